The molecule has 0 unspecified atom stereocenters. The van der Waals surface area contributed by atoms with E-state index in [-0.39, 0.29) is 11.2 Å². The Labute approximate surface area is 167 Å². The van der Waals surface area contributed by atoms with Gasteiger partial charge in [-0.25, -0.2) is 0 Å². The van der Waals surface area contributed by atoms with Crippen molar-refractivity contribution in [3.63, 3.8) is 0 Å². The van der Waals surface area contributed by atoms with Gasteiger partial charge in [0.1, 0.15) is 0 Å². The van der Waals surface area contributed by atoms with Crippen LogP contribution in [0.3, 0.4) is 0 Å². The Hall–Kier alpha value is -2.38. The van der Waals surface area contributed by atoms with E-state index in [1.54, 1.807) is 16.8 Å². The van der Waals surface area contributed by atoms with E-state index in [0.717, 1.165) is 16.9 Å². The zero-order chi connectivity index (χ0) is 19.4. The summed E-state index contributed by atoms with van der Waals surface area (Å²) in [6.45, 7) is 6.03. The van der Waals surface area contributed by atoms with Gasteiger partial charge in [0.05, 0.1) is 10.9 Å². The average Bonchev–Trinajstić information content (AvgIpc) is 3.10. The van der Waals surface area contributed by atoms with Crippen LogP contribution in [-0.2, 0) is 4.79 Å². The number of benzene rings is 2. The maximum Gasteiger partial charge on any atom is 0.237 e. The first-order valence-corrected chi connectivity index (χ1v) is 9.82. The number of halogens is 1. The van der Waals surface area contributed by atoms with Crippen molar-refractivity contribution in [1.29, 1.82) is 0 Å². The zero-order valence-corrected chi connectivity index (χ0v) is 16.8. The first kappa shape index (κ1) is 19.4. The highest BCUT2D eigenvalue weighted by atomic mass is 35.5. The number of hydrogen-bond donors (Lipinski definition) is 1. The summed E-state index contributed by atoms with van der Waals surface area (Å²) >= 11 is 7.23. The molecule has 8 heteroatoms. The molecule has 6 nitrogen and oxygen atoms in total. The first-order chi connectivity index (χ1) is 13.0. The first-order valence-electron chi connectivity index (χ1n) is 8.56. The van der Waals surface area contributed by atoms with Gasteiger partial charge in [0.2, 0.25) is 11.1 Å². The summed E-state index contributed by atoms with van der Waals surface area (Å²) in [7, 11) is 0. The fraction of sp³-hybridized carbons (Fsp3) is 0.263. The molecule has 0 spiro atoms. The lowest BCUT2D eigenvalue weighted by Gasteiger charge is -2.16. The Bertz CT molecular complexity index is 926. The maximum absolute atomic E-state index is 12.7. The molecule has 27 heavy (non-hydrogen) atoms. The smallest absolute Gasteiger partial charge is 0.237 e. The van der Waals surface area contributed by atoms with E-state index in [4.69, 9.17) is 11.6 Å². The van der Waals surface area contributed by atoms with Crippen LogP contribution in [0.5, 0.6) is 0 Å². The predicted octanol–water partition coefficient (Wildman–Crippen LogP) is 4.56. The van der Waals surface area contributed by atoms with E-state index in [9.17, 15) is 4.79 Å². The number of nitrogens with zero attached hydrogens (tertiary/aromatic N) is 4. The van der Waals surface area contributed by atoms with Crippen molar-refractivity contribution in [2.45, 2.75) is 37.1 Å². The number of carbonyl (C=O) groups excluding carboxylic acids is 1. The van der Waals surface area contributed by atoms with Crippen molar-refractivity contribution in [2.24, 2.45) is 0 Å². The van der Waals surface area contributed by atoms with Gasteiger partial charge in [-0.05, 0) is 59.2 Å². The highest BCUT2D eigenvalue weighted by Gasteiger charge is 2.20. The van der Waals surface area contributed by atoms with Crippen LogP contribution in [-0.4, -0.2) is 31.4 Å². The molecule has 0 aliphatic heterocycles. The molecular weight excluding hydrogens is 382 g/mol. The molecule has 3 aromatic rings. The number of tetrazole rings is 1. The molecular formula is C19H20ClN5OS. The van der Waals surface area contributed by atoms with E-state index in [1.165, 1.54) is 11.8 Å². The molecule has 1 atom stereocenters. The van der Waals surface area contributed by atoms with Crippen molar-refractivity contribution < 1.29 is 4.79 Å². The Kier molecular flexibility index (Phi) is 6.13. The van der Waals surface area contributed by atoms with E-state index in [2.05, 4.69) is 34.7 Å². The van der Waals surface area contributed by atoms with Crippen molar-refractivity contribution in [2.75, 3.05) is 5.32 Å². The van der Waals surface area contributed by atoms with Crippen LogP contribution < -0.4 is 5.32 Å². The van der Waals surface area contributed by atoms with Gasteiger partial charge >= 0.3 is 0 Å². The number of anilines is 1. The number of amides is 1. The third-order valence-electron chi connectivity index (χ3n) is 4.00. The van der Waals surface area contributed by atoms with Gasteiger partial charge < -0.3 is 5.32 Å². The second-order valence-corrected chi connectivity index (χ2v) is 8.09. The van der Waals surface area contributed by atoms with Crippen molar-refractivity contribution >= 4 is 35.0 Å². The number of nitrogens with one attached hydrogen (secondary N) is 1. The van der Waals surface area contributed by atoms with E-state index >= 15 is 0 Å². The van der Waals surface area contributed by atoms with Crippen LogP contribution in [0.1, 0.15) is 32.3 Å². The maximum atomic E-state index is 12.7. The number of para-hydroxylation sites is 1. The van der Waals surface area contributed by atoms with Crippen LogP contribution in [0.4, 0.5) is 5.69 Å². The third-order valence-corrected chi connectivity index (χ3v) is 5.29. The van der Waals surface area contributed by atoms with Crippen LogP contribution in [0, 0.1) is 0 Å². The molecule has 3 rings (SSSR count). The van der Waals surface area contributed by atoms with Gasteiger partial charge in [0.15, 0.2) is 0 Å². The van der Waals surface area contributed by atoms with Crippen molar-refractivity contribution in [3.8, 4) is 5.69 Å². The lowest BCUT2D eigenvalue weighted by molar-refractivity contribution is -0.115. The number of hydrogen-bond acceptors (Lipinski definition) is 5. The molecule has 1 heterocycles. The quantitative estimate of drug-likeness (QED) is 0.613. The summed E-state index contributed by atoms with van der Waals surface area (Å²) in [6.07, 6.45) is 0. The lowest BCUT2D eigenvalue weighted by Crippen LogP contribution is -2.23. The molecule has 1 aromatic heterocycles. The molecule has 1 amide bonds. The van der Waals surface area contributed by atoms with E-state index in [0.29, 0.717) is 16.1 Å². The van der Waals surface area contributed by atoms with Crippen molar-refractivity contribution in [3.05, 3.63) is 59.1 Å². The van der Waals surface area contributed by atoms with Crippen LogP contribution in [0.2, 0.25) is 5.02 Å². The Morgan fingerprint density at radius 3 is 2.52 bits per heavy atom. The molecule has 0 aliphatic rings. The summed E-state index contributed by atoms with van der Waals surface area (Å²) in [4.78, 5) is 12.7. The highest BCUT2D eigenvalue weighted by Crippen LogP contribution is 2.27. The molecule has 0 bridgehead atoms. The molecule has 0 fully saturated rings. The molecule has 0 saturated carbocycles. The van der Waals surface area contributed by atoms with Crippen LogP contribution in [0.15, 0.2) is 53.7 Å². The largest absolute Gasteiger partial charge is 0.325 e. The van der Waals surface area contributed by atoms with E-state index in [1.807, 2.05) is 43.3 Å². The van der Waals surface area contributed by atoms with Gasteiger partial charge in [0, 0.05) is 10.7 Å². The normalized spacial score (nSPS) is 12.2. The summed E-state index contributed by atoms with van der Waals surface area (Å²) in [6, 6.07) is 15.0. The van der Waals surface area contributed by atoms with Crippen LogP contribution >= 0.6 is 23.4 Å². The Morgan fingerprint density at radius 2 is 1.81 bits per heavy atom. The predicted molar refractivity (Wildman–Crippen MR) is 109 cm³/mol. The minimum atomic E-state index is -0.373. The minimum absolute atomic E-state index is 0.0984. The fourth-order valence-corrected chi connectivity index (χ4v) is 3.49. The average molecular weight is 402 g/mol. The summed E-state index contributed by atoms with van der Waals surface area (Å²) in [5, 5.41) is 15.6. The van der Waals surface area contributed by atoms with Gasteiger partial charge in [-0.3, -0.25) is 4.79 Å². The number of aromatic nitrogens is 4. The zero-order valence-electron chi connectivity index (χ0n) is 15.3. The second-order valence-electron chi connectivity index (χ2n) is 6.34. The molecule has 140 valence electrons. The molecule has 1 N–H and O–H groups in total. The standard InChI is InChI=1S/C19H20ClN5OS/c1-12(2)16-6-4-5-7-17(16)21-18(26)13(3)27-19-22-23-24-25(19)15-10-8-14(20)9-11-15/h4-13H,1-3H3,(H,21,26)/t13-/m1/s1. The topological polar surface area (TPSA) is 72.7 Å². The molecule has 2 aromatic carbocycles. The summed E-state index contributed by atoms with van der Waals surface area (Å²) < 4.78 is 1.59. The Balaban J connectivity index is 1.73. The van der Waals surface area contributed by atoms with E-state index < -0.39 is 0 Å². The van der Waals surface area contributed by atoms with Gasteiger partial charge in [-0.1, -0.05) is 55.4 Å². The second kappa shape index (κ2) is 8.54. The van der Waals surface area contributed by atoms with Gasteiger partial charge in [0.25, 0.3) is 0 Å². The molecule has 0 saturated heterocycles. The Morgan fingerprint density at radius 1 is 1.11 bits per heavy atom. The van der Waals surface area contributed by atoms with Crippen LogP contribution in [0.25, 0.3) is 5.69 Å². The summed E-state index contributed by atoms with van der Waals surface area (Å²) in [5.41, 5.74) is 2.72. The third kappa shape index (κ3) is 4.67. The molecule has 0 radical (unpaired) electrons. The monoisotopic (exact) mass is 401 g/mol. The fourth-order valence-electron chi connectivity index (χ4n) is 2.56. The summed E-state index contributed by atoms with van der Waals surface area (Å²) in [5.74, 6) is 0.223. The number of rotatable bonds is 6. The van der Waals surface area contributed by atoms with Crippen molar-refractivity contribution in [1.82, 2.24) is 20.2 Å². The SMILES string of the molecule is CC(C)c1ccccc1NC(=O)[C@@H](C)Sc1nnnn1-c1ccc(Cl)cc1. The lowest BCUT2D eigenvalue weighted by atomic mass is 10.0. The van der Waals surface area contributed by atoms with Gasteiger partial charge in [-0.2, -0.15) is 4.68 Å². The molecule has 0 aliphatic carbocycles. The minimum Gasteiger partial charge on any atom is -0.325 e. The van der Waals surface area contributed by atoms with Gasteiger partial charge in [-0.15, -0.1) is 5.10 Å². The number of carbonyl (C=O) groups is 1. The number of thioether (sulfide) groups is 1. The highest BCUT2D eigenvalue weighted by molar-refractivity contribution is 8.00.